The highest BCUT2D eigenvalue weighted by Crippen LogP contribution is 2.30. The molecule has 1 N–H and O–H groups in total. The van der Waals surface area contributed by atoms with Crippen LogP contribution < -0.4 is 10.1 Å². The fraction of sp³-hybridized carbons (Fsp3) is 0.500. The van der Waals surface area contributed by atoms with Gasteiger partial charge in [-0.1, -0.05) is 26.0 Å². The first kappa shape index (κ1) is 13.9. The van der Waals surface area contributed by atoms with E-state index < -0.39 is 0 Å². The van der Waals surface area contributed by atoms with Crippen molar-refractivity contribution in [3.8, 4) is 5.75 Å². The van der Waals surface area contributed by atoms with Crippen molar-refractivity contribution in [2.75, 3.05) is 13.7 Å². The fourth-order valence-corrected chi connectivity index (χ4v) is 2.12. The Kier molecular flexibility index (Phi) is 4.48. The van der Waals surface area contributed by atoms with Crippen LogP contribution in [0.4, 0.5) is 0 Å². The molecule has 0 amide bonds. The predicted molar refractivity (Wildman–Crippen MR) is 78.6 cm³/mol. The van der Waals surface area contributed by atoms with Crippen LogP contribution in [0.15, 0.2) is 28.7 Å². The molecule has 0 aliphatic heterocycles. The lowest BCUT2D eigenvalue weighted by Gasteiger charge is -2.12. The lowest BCUT2D eigenvalue weighted by atomic mass is 10.1. The van der Waals surface area contributed by atoms with Crippen molar-refractivity contribution in [1.82, 2.24) is 5.32 Å². The molecule has 0 radical (unpaired) electrons. The molecular formula is C16H23NO2. The van der Waals surface area contributed by atoms with Crippen LogP contribution in [0.5, 0.6) is 5.75 Å². The van der Waals surface area contributed by atoms with E-state index in [9.17, 15) is 0 Å². The largest absolute Gasteiger partial charge is 0.493 e. The minimum Gasteiger partial charge on any atom is -0.493 e. The number of fused-ring (bicyclic) bond motifs is 1. The van der Waals surface area contributed by atoms with E-state index in [0.29, 0.717) is 0 Å². The van der Waals surface area contributed by atoms with E-state index in [2.05, 4.69) is 32.2 Å². The minimum atomic E-state index is 0.218. The molecular weight excluding hydrogens is 238 g/mol. The number of nitrogens with one attached hydrogen (secondary N) is 1. The molecule has 2 rings (SSSR count). The molecule has 1 unspecified atom stereocenters. The van der Waals surface area contributed by atoms with Gasteiger partial charge in [-0.3, -0.25) is 0 Å². The van der Waals surface area contributed by atoms with E-state index in [0.717, 1.165) is 34.9 Å². The Bertz CT molecular complexity index is 531. The Balaban J connectivity index is 2.12. The lowest BCUT2D eigenvalue weighted by Crippen LogP contribution is -2.20. The Morgan fingerprint density at radius 1 is 1.26 bits per heavy atom. The maximum Gasteiger partial charge on any atom is 0.176 e. The zero-order valence-electron chi connectivity index (χ0n) is 12.2. The molecule has 0 saturated heterocycles. The van der Waals surface area contributed by atoms with Gasteiger partial charge in [0.1, 0.15) is 5.76 Å². The Labute approximate surface area is 114 Å². The molecule has 0 bridgehead atoms. The van der Waals surface area contributed by atoms with Crippen molar-refractivity contribution in [3.05, 3.63) is 30.0 Å². The quantitative estimate of drug-likeness (QED) is 0.848. The highest BCUT2D eigenvalue weighted by atomic mass is 16.5. The third kappa shape index (κ3) is 3.29. The average molecular weight is 261 g/mol. The molecule has 0 saturated carbocycles. The van der Waals surface area contributed by atoms with Crippen LogP contribution in [0.3, 0.4) is 0 Å². The molecule has 2 aromatic rings. The first-order valence-electron chi connectivity index (χ1n) is 6.91. The topological polar surface area (TPSA) is 34.4 Å². The van der Waals surface area contributed by atoms with E-state index in [4.69, 9.17) is 9.15 Å². The van der Waals surface area contributed by atoms with Crippen LogP contribution in [-0.4, -0.2) is 13.7 Å². The third-order valence-corrected chi connectivity index (χ3v) is 3.35. The van der Waals surface area contributed by atoms with Gasteiger partial charge < -0.3 is 14.5 Å². The van der Waals surface area contributed by atoms with E-state index in [1.807, 2.05) is 18.2 Å². The SMILES string of the molecule is COc1cccc2cc(C(C)NCCC(C)C)oc12. The summed E-state index contributed by atoms with van der Waals surface area (Å²) < 4.78 is 11.2. The van der Waals surface area contributed by atoms with Crippen LogP contribution in [0.25, 0.3) is 11.0 Å². The fourth-order valence-electron chi connectivity index (χ4n) is 2.12. The Morgan fingerprint density at radius 2 is 2.05 bits per heavy atom. The maximum atomic E-state index is 5.92. The van der Waals surface area contributed by atoms with Crippen molar-refractivity contribution in [3.63, 3.8) is 0 Å². The summed E-state index contributed by atoms with van der Waals surface area (Å²) in [7, 11) is 1.67. The van der Waals surface area contributed by atoms with E-state index in [1.54, 1.807) is 7.11 Å². The van der Waals surface area contributed by atoms with Crippen molar-refractivity contribution in [1.29, 1.82) is 0 Å². The number of rotatable bonds is 6. The number of ether oxygens (including phenoxy) is 1. The van der Waals surface area contributed by atoms with Gasteiger partial charge >= 0.3 is 0 Å². The van der Waals surface area contributed by atoms with Crippen molar-refractivity contribution in [2.24, 2.45) is 5.92 Å². The molecule has 0 aliphatic rings. The van der Waals surface area contributed by atoms with E-state index in [1.165, 1.54) is 6.42 Å². The van der Waals surface area contributed by atoms with Crippen LogP contribution in [0.1, 0.15) is 39.0 Å². The summed E-state index contributed by atoms with van der Waals surface area (Å²) >= 11 is 0. The minimum absolute atomic E-state index is 0.218. The molecule has 1 atom stereocenters. The number of furan rings is 1. The van der Waals surface area contributed by atoms with Crippen LogP contribution in [-0.2, 0) is 0 Å². The highest BCUT2D eigenvalue weighted by Gasteiger charge is 2.13. The molecule has 0 aliphatic carbocycles. The highest BCUT2D eigenvalue weighted by molar-refractivity contribution is 5.83. The summed E-state index contributed by atoms with van der Waals surface area (Å²) in [6.07, 6.45) is 1.17. The third-order valence-electron chi connectivity index (χ3n) is 3.35. The Morgan fingerprint density at radius 3 is 2.74 bits per heavy atom. The van der Waals surface area contributed by atoms with Gasteiger partial charge in [0, 0.05) is 5.39 Å². The van der Waals surface area contributed by atoms with Crippen molar-refractivity contribution in [2.45, 2.75) is 33.2 Å². The zero-order valence-corrected chi connectivity index (χ0v) is 12.2. The van der Waals surface area contributed by atoms with Gasteiger partial charge in [-0.2, -0.15) is 0 Å². The van der Waals surface area contributed by atoms with Crippen LogP contribution in [0, 0.1) is 5.92 Å². The number of para-hydroxylation sites is 1. The van der Waals surface area contributed by atoms with Gasteiger partial charge in [0.05, 0.1) is 13.2 Å². The molecule has 1 aromatic heterocycles. The first-order valence-corrected chi connectivity index (χ1v) is 6.91. The zero-order chi connectivity index (χ0) is 13.8. The van der Waals surface area contributed by atoms with E-state index >= 15 is 0 Å². The maximum absolute atomic E-state index is 5.92. The number of benzene rings is 1. The number of hydrogen-bond donors (Lipinski definition) is 1. The van der Waals surface area contributed by atoms with Gasteiger partial charge in [-0.15, -0.1) is 0 Å². The molecule has 19 heavy (non-hydrogen) atoms. The lowest BCUT2D eigenvalue weighted by molar-refractivity contribution is 0.397. The summed E-state index contributed by atoms with van der Waals surface area (Å²) in [5.41, 5.74) is 0.831. The molecule has 3 nitrogen and oxygen atoms in total. The molecule has 104 valence electrons. The van der Waals surface area contributed by atoms with Gasteiger partial charge in [-0.05, 0) is 37.9 Å². The van der Waals surface area contributed by atoms with Gasteiger partial charge in [0.2, 0.25) is 0 Å². The summed E-state index contributed by atoms with van der Waals surface area (Å²) in [4.78, 5) is 0. The standard InChI is InChI=1S/C16H23NO2/c1-11(2)8-9-17-12(3)15-10-13-6-5-7-14(18-4)16(13)19-15/h5-7,10-12,17H,8-9H2,1-4H3. The molecule has 1 heterocycles. The predicted octanol–water partition coefficient (Wildman–Crippen LogP) is 4.14. The second-order valence-electron chi connectivity index (χ2n) is 5.39. The molecule has 3 heteroatoms. The summed E-state index contributed by atoms with van der Waals surface area (Å²) in [5.74, 6) is 2.47. The van der Waals surface area contributed by atoms with Gasteiger partial charge in [0.15, 0.2) is 11.3 Å². The summed E-state index contributed by atoms with van der Waals surface area (Å²) in [5, 5.41) is 4.58. The number of hydrogen-bond acceptors (Lipinski definition) is 3. The molecule has 0 spiro atoms. The monoisotopic (exact) mass is 261 g/mol. The molecule has 1 aromatic carbocycles. The summed E-state index contributed by atoms with van der Waals surface area (Å²) in [6, 6.07) is 8.26. The smallest absolute Gasteiger partial charge is 0.176 e. The first-order chi connectivity index (χ1) is 9.11. The van der Waals surface area contributed by atoms with E-state index in [-0.39, 0.29) is 6.04 Å². The average Bonchev–Trinajstić information content (AvgIpc) is 2.81. The molecule has 0 fully saturated rings. The van der Waals surface area contributed by atoms with Crippen molar-refractivity contribution < 1.29 is 9.15 Å². The van der Waals surface area contributed by atoms with Crippen LogP contribution >= 0.6 is 0 Å². The number of methoxy groups -OCH3 is 1. The van der Waals surface area contributed by atoms with Gasteiger partial charge in [-0.25, -0.2) is 0 Å². The van der Waals surface area contributed by atoms with Crippen molar-refractivity contribution >= 4 is 11.0 Å². The second-order valence-corrected chi connectivity index (χ2v) is 5.39. The van der Waals surface area contributed by atoms with Crippen LogP contribution in [0.2, 0.25) is 0 Å². The second kappa shape index (κ2) is 6.11. The Hall–Kier alpha value is -1.48. The summed E-state index contributed by atoms with van der Waals surface area (Å²) in [6.45, 7) is 7.61. The normalized spacial score (nSPS) is 13.1. The van der Waals surface area contributed by atoms with Gasteiger partial charge in [0.25, 0.3) is 0 Å².